The third-order valence-electron chi connectivity index (χ3n) is 3.35. The summed E-state index contributed by atoms with van der Waals surface area (Å²) in [7, 11) is 0. The largest absolute Gasteiger partial charge is 0.463 e. The SMILES string of the molecule is Cc1ccc(C(C)(O)CNC(=O)C=C2CCSCC2)o1. The van der Waals surface area contributed by atoms with E-state index in [1.54, 1.807) is 25.1 Å². The fourth-order valence-electron chi connectivity index (χ4n) is 2.08. The van der Waals surface area contributed by atoms with Gasteiger partial charge in [0.1, 0.15) is 17.1 Å². The highest BCUT2D eigenvalue weighted by Crippen LogP contribution is 2.23. The van der Waals surface area contributed by atoms with Gasteiger partial charge in [-0.1, -0.05) is 5.57 Å². The molecule has 4 nitrogen and oxygen atoms in total. The fourth-order valence-corrected chi connectivity index (χ4v) is 3.10. The molecule has 0 aliphatic carbocycles. The van der Waals surface area contributed by atoms with E-state index in [9.17, 15) is 9.90 Å². The second kappa shape index (κ2) is 6.50. The number of thioether (sulfide) groups is 1. The van der Waals surface area contributed by atoms with Gasteiger partial charge in [0, 0.05) is 6.08 Å². The van der Waals surface area contributed by atoms with Crippen LogP contribution in [0.15, 0.2) is 28.2 Å². The highest BCUT2D eigenvalue weighted by molar-refractivity contribution is 7.99. The molecule has 20 heavy (non-hydrogen) atoms. The third kappa shape index (κ3) is 4.15. The van der Waals surface area contributed by atoms with Gasteiger partial charge >= 0.3 is 0 Å². The van der Waals surface area contributed by atoms with E-state index in [1.807, 2.05) is 18.7 Å². The zero-order valence-electron chi connectivity index (χ0n) is 11.9. The van der Waals surface area contributed by atoms with Crippen molar-refractivity contribution in [3.63, 3.8) is 0 Å². The van der Waals surface area contributed by atoms with Gasteiger partial charge in [0.2, 0.25) is 5.91 Å². The Kier molecular flexibility index (Phi) is 4.94. The topological polar surface area (TPSA) is 62.5 Å². The van der Waals surface area contributed by atoms with Gasteiger partial charge in [-0.2, -0.15) is 11.8 Å². The van der Waals surface area contributed by atoms with E-state index in [1.165, 1.54) is 5.57 Å². The quantitative estimate of drug-likeness (QED) is 0.837. The molecule has 1 aliphatic heterocycles. The molecule has 1 atom stereocenters. The number of amides is 1. The molecular weight excluding hydrogens is 274 g/mol. The van der Waals surface area contributed by atoms with Crippen molar-refractivity contribution < 1.29 is 14.3 Å². The van der Waals surface area contributed by atoms with Crippen LogP contribution in [0.4, 0.5) is 0 Å². The number of carbonyl (C=O) groups excluding carboxylic acids is 1. The molecule has 1 amide bonds. The molecule has 1 aromatic heterocycles. The lowest BCUT2D eigenvalue weighted by molar-refractivity contribution is -0.117. The van der Waals surface area contributed by atoms with Crippen LogP contribution < -0.4 is 5.32 Å². The Morgan fingerprint density at radius 3 is 2.80 bits per heavy atom. The molecule has 0 aromatic carbocycles. The summed E-state index contributed by atoms with van der Waals surface area (Å²) in [6.07, 6.45) is 3.63. The Morgan fingerprint density at radius 2 is 2.20 bits per heavy atom. The molecule has 5 heteroatoms. The first-order chi connectivity index (χ1) is 9.47. The van der Waals surface area contributed by atoms with Gasteiger partial charge in [-0.25, -0.2) is 0 Å². The summed E-state index contributed by atoms with van der Waals surface area (Å²) < 4.78 is 5.41. The Hall–Kier alpha value is -1.20. The minimum absolute atomic E-state index is 0.136. The van der Waals surface area contributed by atoms with Crippen LogP contribution in [0.1, 0.15) is 31.3 Å². The van der Waals surface area contributed by atoms with Crippen molar-refractivity contribution in [2.45, 2.75) is 32.3 Å². The highest BCUT2D eigenvalue weighted by atomic mass is 32.2. The second-order valence-corrected chi connectivity index (χ2v) is 6.54. The number of hydrogen-bond acceptors (Lipinski definition) is 4. The predicted molar refractivity (Wildman–Crippen MR) is 80.7 cm³/mol. The molecule has 2 N–H and O–H groups in total. The first kappa shape index (κ1) is 15.2. The molecule has 1 unspecified atom stereocenters. The molecule has 1 saturated heterocycles. The van der Waals surface area contributed by atoms with E-state index in [4.69, 9.17) is 4.42 Å². The molecule has 0 bridgehead atoms. The summed E-state index contributed by atoms with van der Waals surface area (Å²) in [5.41, 5.74) is -0.0000692. The molecule has 1 fully saturated rings. The van der Waals surface area contributed by atoms with Gasteiger partial charge < -0.3 is 14.8 Å². The van der Waals surface area contributed by atoms with Gasteiger partial charge in [-0.05, 0) is 50.3 Å². The van der Waals surface area contributed by atoms with Crippen LogP contribution in [0, 0.1) is 6.92 Å². The number of allylic oxidation sites excluding steroid dienone is 1. The third-order valence-corrected chi connectivity index (χ3v) is 4.33. The fraction of sp³-hybridized carbons (Fsp3) is 0.533. The summed E-state index contributed by atoms with van der Waals surface area (Å²) in [5, 5.41) is 13.1. The highest BCUT2D eigenvalue weighted by Gasteiger charge is 2.27. The Labute approximate surface area is 123 Å². The maximum atomic E-state index is 11.9. The van der Waals surface area contributed by atoms with Crippen LogP contribution in [0.2, 0.25) is 0 Å². The van der Waals surface area contributed by atoms with Crippen molar-refractivity contribution in [2.24, 2.45) is 0 Å². The van der Waals surface area contributed by atoms with Gasteiger partial charge in [-0.15, -0.1) is 0 Å². The Balaban J connectivity index is 1.89. The van der Waals surface area contributed by atoms with Crippen molar-refractivity contribution in [1.82, 2.24) is 5.32 Å². The molecule has 1 aromatic rings. The zero-order chi connectivity index (χ0) is 14.6. The van der Waals surface area contributed by atoms with Crippen LogP contribution in [-0.2, 0) is 10.4 Å². The molecule has 2 rings (SSSR count). The minimum Gasteiger partial charge on any atom is -0.463 e. The number of furan rings is 1. The molecule has 2 heterocycles. The van der Waals surface area contributed by atoms with E-state index >= 15 is 0 Å². The van der Waals surface area contributed by atoms with Crippen molar-refractivity contribution in [3.05, 3.63) is 35.3 Å². The summed E-state index contributed by atoms with van der Waals surface area (Å²) >= 11 is 1.92. The molecule has 0 saturated carbocycles. The number of hydrogen-bond donors (Lipinski definition) is 2. The lowest BCUT2D eigenvalue weighted by atomic mass is 10.0. The first-order valence-electron chi connectivity index (χ1n) is 6.82. The van der Waals surface area contributed by atoms with E-state index in [2.05, 4.69) is 5.32 Å². The monoisotopic (exact) mass is 295 g/mol. The molecule has 0 spiro atoms. The lowest BCUT2D eigenvalue weighted by Gasteiger charge is -2.21. The minimum atomic E-state index is -1.19. The average molecular weight is 295 g/mol. The van der Waals surface area contributed by atoms with Crippen LogP contribution in [0.3, 0.4) is 0 Å². The summed E-state index contributed by atoms with van der Waals surface area (Å²) in [6.45, 7) is 3.59. The molecular formula is C15H21NO3S. The molecule has 110 valence electrons. The number of carbonyl (C=O) groups is 1. The van der Waals surface area contributed by atoms with Crippen LogP contribution in [0.25, 0.3) is 0 Å². The summed E-state index contributed by atoms with van der Waals surface area (Å²) in [5.74, 6) is 3.24. The smallest absolute Gasteiger partial charge is 0.244 e. The normalized spacial score (nSPS) is 18.4. The summed E-state index contributed by atoms with van der Waals surface area (Å²) in [6, 6.07) is 3.53. The second-order valence-electron chi connectivity index (χ2n) is 5.32. The van der Waals surface area contributed by atoms with E-state index in [0.717, 1.165) is 30.1 Å². The maximum Gasteiger partial charge on any atom is 0.244 e. The lowest BCUT2D eigenvalue weighted by Crippen LogP contribution is -2.37. The number of nitrogens with one attached hydrogen (secondary N) is 1. The summed E-state index contributed by atoms with van der Waals surface area (Å²) in [4.78, 5) is 11.9. The van der Waals surface area contributed by atoms with Crippen molar-refractivity contribution in [1.29, 1.82) is 0 Å². The van der Waals surface area contributed by atoms with Crippen LogP contribution >= 0.6 is 11.8 Å². The van der Waals surface area contributed by atoms with Gasteiger partial charge in [0.15, 0.2) is 0 Å². The number of rotatable bonds is 4. The molecule has 0 radical (unpaired) electrons. The Morgan fingerprint density at radius 1 is 1.50 bits per heavy atom. The van der Waals surface area contributed by atoms with Crippen LogP contribution in [-0.4, -0.2) is 29.1 Å². The standard InChI is InChI=1S/C15H21NO3S/c1-11-3-4-13(19-11)15(2,18)10-16-14(17)9-12-5-7-20-8-6-12/h3-4,9,18H,5-8,10H2,1-2H3,(H,16,17). The average Bonchev–Trinajstić information content (AvgIpc) is 2.85. The van der Waals surface area contributed by atoms with Crippen molar-refractivity contribution >= 4 is 17.7 Å². The maximum absolute atomic E-state index is 11.9. The Bertz CT molecular complexity index is 497. The van der Waals surface area contributed by atoms with Crippen LogP contribution in [0.5, 0.6) is 0 Å². The van der Waals surface area contributed by atoms with E-state index in [-0.39, 0.29) is 12.5 Å². The molecule has 1 aliphatic rings. The van der Waals surface area contributed by atoms with Gasteiger partial charge in [-0.3, -0.25) is 4.79 Å². The van der Waals surface area contributed by atoms with Crippen molar-refractivity contribution in [3.8, 4) is 0 Å². The van der Waals surface area contributed by atoms with Gasteiger partial charge in [0.25, 0.3) is 0 Å². The predicted octanol–water partition coefficient (Wildman–Crippen LogP) is 2.37. The number of aliphatic hydroxyl groups is 1. The van der Waals surface area contributed by atoms with Crippen molar-refractivity contribution in [2.75, 3.05) is 18.1 Å². The zero-order valence-corrected chi connectivity index (χ0v) is 12.8. The van der Waals surface area contributed by atoms with E-state index in [0.29, 0.717) is 5.76 Å². The first-order valence-corrected chi connectivity index (χ1v) is 7.97. The van der Waals surface area contributed by atoms with Gasteiger partial charge in [0.05, 0.1) is 6.54 Å². The van der Waals surface area contributed by atoms with E-state index < -0.39 is 5.60 Å². The number of aryl methyl sites for hydroxylation is 1.